The van der Waals surface area contributed by atoms with Gasteiger partial charge in [0.1, 0.15) is 5.65 Å². The summed E-state index contributed by atoms with van der Waals surface area (Å²) >= 11 is 3.55. The van der Waals surface area contributed by atoms with Gasteiger partial charge in [0.2, 0.25) is 0 Å². The average molecular weight is 372 g/mol. The minimum Gasteiger partial charge on any atom is -0.315 e. The third-order valence-electron chi connectivity index (χ3n) is 4.70. The lowest BCUT2D eigenvalue weighted by Crippen LogP contribution is -2.37. The van der Waals surface area contributed by atoms with E-state index in [1.165, 1.54) is 25.0 Å². The second-order valence-corrected chi connectivity index (χ2v) is 6.79. The van der Waals surface area contributed by atoms with E-state index in [1.807, 2.05) is 12.3 Å². The van der Waals surface area contributed by atoms with Gasteiger partial charge in [0.25, 0.3) is 0 Å². The molecule has 2 aromatic heterocycles. The quantitative estimate of drug-likeness (QED) is 0.881. The molecule has 2 unspecified atom stereocenters. The number of nitrogens with zero attached hydrogens (tertiary/aromatic N) is 3. The van der Waals surface area contributed by atoms with Crippen molar-refractivity contribution in [2.45, 2.75) is 37.9 Å². The van der Waals surface area contributed by atoms with Crippen LogP contribution in [0.1, 0.15) is 25.0 Å². The molecule has 0 aromatic carbocycles. The molecule has 2 aromatic rings. The number of hydrogen-bond donors (Lipinski definition) is 1. The molecule has 2 aliphatic heterocycles. The number of hydrogen-bond acceptors (Lipinski definition) is 3. The highest BCUT2D eigenvalue weighted by Crippen LogP contribution is 2.29. The van der Waals surface area contributed by atoms with E-state index >= 15 is 0 Å². The van der Waals surface area contributed by atoms with Gasteiger partial charge >= 0.3 is 0 Å². The van der Waals surface area contributed by atoms with E-state index in [0.717, 1.165) is 35.8 Å². The first-order valence-electron chi connectivity index (χ1n) is 7.39. The Labute approximate surface area is 139 Å². The van der Waals surface area contributed by atoms with Crippen LogP contribution >= 0.6 is 28.3 Å². The first kappa shape index (κ1) is 15.3. The lowest BCUT2D eigenvalue weighted by Gasteiger charge is -2.27. The zero-order valence-electron chi connectivity index (χ0n) is 11.8. The van der Waals surface area contributed by atoms with E-state index in [9.17, 15) is 0 Å². The van der Waals surface area contributed by atoms with Gasteiger partial charge in [-0.25, -0.2) is 4.98 Å². The predicted octanol–water partition coefficient (Wildman–Crippen LogP) is 2.84. The molecular weight excluding hydrogens is 352 g/mol. The van der Waals surface area contributed by atoms with Crippen molar-refractivity contribution < 1.29 is 0 Å². The summed E-state index contributed by atoms with van der Waals surface area (Å²) in [5.41, 5.74) is 2.32. The van der Waals surface area contributed by atoms with Gasteiger partial charge in [-0.2, -0.15) is 0 Å². The maximum Gasteiger partial charge on any atom is 0.136 e. The number of imidazole rings is 1. The molecule has 2 bridgehead atoms. The highest BCUT2D eigenvalue weighted by Gasteiger charge is 2.34. The largest absolute Gasteiger partial charge is 0.315 e. The number of pyridine rings is 1. The molecule has 4 heterocycles. The van der Waals surface area contributed by atoms with Crippen molar-refractivity contribution in [1.29, 1.82) is 0 Å². The molecule has 0 amide bonds. The van der Waals surface area contributed by atoms with E-state index in [0.29, 0.717) is 6.04 Å². The molecule has 4 rings (SSSR count). The van der Waals surface area contributed by atoms with E-state index < -0.39 is 0 Å². The van der Waals surface area contributed by atoms with Crippen LogP contribution in [0.15, 0.2) is 29.0 Å². The Hall–Kier alpha value is -0.620. The van der Waals surface area contributed by atoms with Gasteiger partial charge in [-0.05, 0) is 53.9 Å². The van der Waals surface area contributed by atoms with E-state index in [1.54, 1.807) is 0 Å². The summed E-state index contributed by atoms with van der Waals surface area (Å²) in [6, 6.07) is 5.55. The van der Waals surface area contributed by atoms with Crippen LogP contribution in [0.4, 0.5) is 0 Å². The Morgan fingerprint density at radius 3 is 3.00 bits per heavy atom. The van der Waals surface area contributed by atoms with Crippen molar-refractivity contribution in [2.75, 3.05) is 13.1 Å². The first-order chi connectivity index (χ1) is 9.81. The van der Waals surface area contributed by atoms with Gasteiger partial charge in [-0.1, -0.05) is 0 Å². The molecule has 6 heteroatoms. The Balaban J connectivity index is 0.00000132. The lowest BCUT2D eigenvalue weighted by atomic mass is 10.1. The van der Waals surface area contributed by atoms with Crippen LogP contribution in [0.25, 0.3) is 5.65 Å². The molecule has 0 radical (unpaired) electrons. The molecule has 0 aliphatic carbocycles. The van der Waals surface area contributed by atoms with Gasteiger partial charge in [-0.3, -0.25) is 4.90 Å². The molecule has 2 atom stereocenters. The van der Waals surface area contributed by atoms with Crippen LogP contribution in [-0.2, 0) is 6.54 Å². The zero-order valence-corrected chi connectivity index (χ0v) is 14.2. The smallest absolute Gasteiger partial charge is 0.136 e. The van der Waals surface area contributed by atoms with Gasteiger partial charge in [-0.15, -0.1) is 12.4 Å². The van der Waals surface area contributed by atoms with Crippen LogP contribution in [0.3, 0.4) is 0 Å². The van der Waals surface area contributed by atoms with Crippen molar-refractivity contribution in [3.05, 3.63) is 34.7 Å². The minimum absolute atomic E-state index is 0. The highest BCUT2D eigenvalue weighted by molar-refractivity contribution is 9.10. The fourth-order valence-corrected chi connectivity index (χ4v) is 3.99. The second kappa shape index (κ2) is 6.24. The molecule has 21 heavy (non-hydrogen) atoms. The van der Waals surface area contributed by atoms with Crippen molar-refractivity contribution in [3.63, 3.8) is 0 Å². The highest BCUT2D eigenvalue weighted by atomic mass is 79.9. The number of nitrogens with one attached hydrogen (secondary N) is 1. The van der Waals surface area contributed by atoms with Gasteiger partial charge in [0.05, 0.1) is 11.9 Å². The fraction of sp³-hybridized carbons (Fsp3) is 0.533. The SMILES string of the molecule is Brc1ccc2ncc(CN3C4CCNCC3CC4)n2c1.Cl. The lowest BCUT2D eigenvalue weighted by molar-refractivity contribution is 0.190. The van der Waals surface area contributed by atoms with Gasteiger partial charge in [0, 0.05) is 35.8 Å². The Kier molecular flexibility index (Phi) is 4.54. The number of aromatic nitrogens is 2. The van der Waals surface area contributed by atoms with Crippen molar-refractivity contribution >= 4 is 34.0 Å². The fourth-order valence-electron chi connectivity index (χ4n) is 3.65. The van der Waals surface area contributed by atoms with E-state index in [2.05, 4.69) is 47.8 Å². The summed E-state index contributed by atoms with van der Waals surface area (Å²) in [5, 5.41) is 3.56. The maximum atomic E-state index is 4.52. The number of fused-ring (bicyclic) bond motifs is 3. The molecular formula is C15H20BrClN4. The van der Waals surface area contributed by atoms with Gasteiger partial charge in [0.15, 0.2) is 0 Å². The van der Waals surface area contributed by atoms with Gasteiger partial charge < -0.3 is 9.72 Å². The predicted molar refractivity (Wildman–Crippen MR) is 90.0 cm³/mol. The summed E-state index contributed by atoms with van der Waals surface area (Å²) in [7, 11) is 0. The van der Waals surface area contributed by atoms with Crippen molar-refractivity contribution in [3.8, 4) is 0 Å². The molecule has 0 saturated carbocycles. The normalized spacial score (nSPS) is 25.8. The van der Waals surface area contributed by atoms with E-state index in [4.69, 9.17) is 0 Å². The monoisotopic (exact) mass is 370 g/mol. The van der Waals surface area contributed by atoms with Crippen molar-refractivity contribution in [1.82, 2.24) is 19.6 Å². The molecule has 114 valence electrons. The summed E-state index contributed by atoms with van der Waals surface area (Å²) in [6.07, 6.45) is 8.11. The third-order valence-corrected chi connectivity index (χ3v) is 5.17. The Morgan fingerprint density at radius 1 is 1.24 bits per heavy atom. The molecule has 2 saturated heterocycles. The number of rotatable bonds is 2. The summed E-state index contributed by atoms with van der Waals surface area (Å²) < 4.78 is 3.31. The maximum absolute atomic E-state index is 4.52. The molecule has 2 fully saturated rings. The van der Waals surface area contributed by atoms with Crippen LogP contribution in [0.2, 0.25) is 0 Å². The van der Waals surface area contributed by atoms with Crippen LogP contribution in [-0.4, -0.2) is 39.5 Å². The zero-order chi connectivity index (χ0) is 13.5. The molecule has 2 aliphatic rings. The third kappa shape index (κ3) is 2.84. The first-order valence-corrected chi connectivity index (χ1v) is 8.18. The minimum atomic E-state index is 0. The molecule has 4 nitrogen and oxygen atoms in total. The second-order valence-electron chi connectivity index (χ2n) is 5.88. The molecule has 1 N–H and O–H groups in total. The topological polar surface area (TPSA) is 32.6 Å². The molecule has 0 spiro atoms. The number of halogens is 2. The Bertz CT molecular complexity index is 615. The van der Waals surface area contributed by atoms with Crippen LogP contribution < -0.4 is 5.32 Å². The Morgan fingerprint density at radius 2 is 2.10 bits per heavy atom. The summed E-state index contributed by atoms with van der Waals surface area (Å²) in [5.74, 6) is 0. The van der Waals surface area contributed by atoms with E-state index in [-0.39, 0.29) is 12.4 Å². The van der Waals surface area contributed by atoms with Crippen molar-refractivity contribution in [2.24, 2.45) is 0 Å². The standard InChI is InChI=1S/C15H19BrN4.ClH/c16-11-1-4-15-18-8-14(20(15)9-11)10-19-12-2-3-13(19)7-17-6-5-12;/h1,4,8-9,12-13,17H,2-3,5-7,10H2;1H. The van der Waals surface area contributed by atoms with Crippen LogP contribution in [0.5, 0.6) is 0 Å². The summed E-state index contributed by atoms with van der Waals surface area (Å²) in [4.78, 5) is 7.20. The van der Waals surface area contributed by atoms with Crippen LogP contribution in [0, 0.1) is 0 Å². The average Bonchev–Trinajstić information content (AvgIpc) is 2.91. The summed E-state index contributed by atoms with van der Waals surface area (Å²) in [6.45, 7) is 3.31.